The summed E-state index contributed by atoms with van der Waals surface area (Å²) in [4.78, 5) is 21.0. The number of nitrogens with two attached hydrogens (primary N) is 1. The Morgan fingerprint density at radius 3 is 2.84 bits per heavy atom. The van der Waals surface area contributed by atoms with Crippen molar-refractivity contribution in [1.29, 1.82) is 0 Å². The first kappa shape index (κ1) is 14.8. The number of carbonyl (C=O) groups is 1. The van der Waals surface area contributed by atoms with Crippen molar-refractivity contribution in [2.75, 3.05) is 13.2 Å². The van der Waals surface area contributed by atoms with Gasteiger partial charge in [0.25, 0.3) is 0 Å². The Hall–Kier alpha value is -2.22. The van der Waals surface area contributed by atoms with Gasteiger partial charge in [-0.05, 0) is 12.6 Å². The van der Waals surface area contributed by atoms with Gasteiger partial charge < -0.3 is 15.8 Å². The molecular formula is C11H14FN3O4. The smallest absolute Gasteiger partial charge is 0.314 e. The molecule has 0 saturated heterocycles. The highest BCUT2D eigenvalue weighted by atomic mass is 19.1. The minimum absolute atomic E-state index is 0.287. The first-order valence-electron chi connectivity index (χ1n) is 5.55. The summed E-state index contributed by atoms with van der Waals surface area (Å²) in [6, 6.07) is 2.51. The van der Waals surface area contributed by atoms with E-state index in [2.05, 4.69) is 5.32 Å². The maximum absolute atomic E-state index is 13.5. The molecule has 104 valence electrons. The number of hydrogen-bond donors (Lipinski definition) is 2. The van der Waals surface area contributed by atoms with Crippen LogP contribution in [0.1, 0.15) is 6.92 Å². The Kier molecular flexibility index (Phi) is 5.19. The Balaban J connectivity index is 2.87. The van der Waals surface area contributed by atoms with Gasteiger partial charge in [-0.1, -0.05) is 13.0 Å². The van der Waals surface area contributed by atoms with Gasteiger partial charge in [0.15, 0.2) is 5.82 Å². The molecule has 1 unspecified atom stereocenters. The number of halogens is 1. The van der Waals surface area contributed by atoms with Gasteiger partial charge >= 0.3 is 5.69 Å². The Morgan fingerprint density at radius 2 is 2.32 bits per heavy atom. The van der Waals surface area contributed by atoms with Gasteiger partial charge in [-0.3, -0.25) is 14.9 Å². The zero-order chi connectivity index (χ0) is 14.4. The molecule has 19 heavy (non-hydrogen) atoms. The minimum atomic E-state index is -0.867. The number of rotatable bonds is 7. The highest BCUT2D eigenvalue weighted by Crippen LogP contribution is 2.29. The average Bonchev–Trinajstić information content (AvgIpc) is 2.34. The summed E-state index contributed by atoms with van der Waals surface area (Å²) in [6.45, 7) is 1.92. The van der Waals surface area contributed by atoms with Crippen LogP contribution in [0.4, 0.5) is 10.1 Å². The summed E-state index contributed by atoms with van der Waals surface area (Å²) >= 11 is 0. The standard InChI is InChI=1S/C11H14FN3O4/c1-2-14-8(11(13)16)6-19-10-7(12)4-3-5-9(10)15(17)18/h3-5,8,14H,2,6H2,1H3,(H2,13,16). The van der Waals surface area contributed by atoms with Crippen molar-refractivity contribution in [3.63, 3.8) is 0 Å². The number of carbonyl (C=O) groups excluding carboxylic acids is 1. The first-order valence-corrected chi connectivity index (χ1v) is 5.55. The lowest BCUT2D eigenvalue weighted by Crippen LogP contribution is -2.45. The number of para-hydroxylation sites is 1. The third-order valence-corrected chi connectivity index (χ3v) is 2.33. The lowest BCUT2D eigenvalue weighted by atomic mass is 10.2. The van der Waals surface area contributed by atoms with Gasteiger partial charge in [-0.2, -0.15) is 0 Å². The molecule has 0 bridgehead atoms. The number of hydrogen-bond acceptors (Lipinski definition) is 5. The third kappa shape index (κ3) is 3.88. The van der Waals surface area contributed by atoms with E-state index in [1.165, 1.54) is 6.07 Å². The maximum atomic E-state index is 13.5. The minimum Gasteiger partial charge on any atom is -0.483 e. The van der Waals surface area contributed by atoms with E-state index in [4.69, 9.17) is 10.5 Å². The molecule has 0 aromatic heterocycles. The molecule has 0 saturated carbocycles. The number of likely N-dealkylation sites (N-methyl/N-ethyl adjacent to an activating group) is 1. The van der Waals surface area contributed by atoms with E-state index in [9.17, 15) is 19.3 Å². The molecule has 0 spiro atoms. The molecule has 1 aromatic carbocycles. The van der Waals surface area contributed by atoms with Crippen LogP contribution in [0, 0.1) is 15.9 Å². The van der Waals surface area contributed by atoms with Crippen LogP contribution in [0.15, 0.2) is 18.2 Å². The topological polar surface area (TPSA) is 107 Å². The Labute approximate surface area is 108 Å². The van der Waals surface area contributed by atoms with Crippen LogP contribution in [0.5, 0.6) is 5.75 Å². The number of nitrogens with zero attached hydrogens (tertiary/aromatic N) is 1. The lowest BCUT2D eigenvalue weighted by molar-refractivity contribution is -0.386. The van der Waals surface area contributed by atoms with Crippen molar-refractivity contribution in [1.82, 2.24) is 5.32 Å². The number of primary amides is 1. The van der Waals surface area contributed by atoms with E-state index in [0.29, 0.717) is 6.54 Å². The zero-order valence-electron chi connectivity index (χ0n) is 10.3. The second kappa shape index (κ2) is 6.64. The fourth-order valence-electron chi connectivity index (χ4n) is 1.44. The average molecular weight is 271 g/mol. The van der Waals surface area contributed by atoms with Crippen molar-refractivity contribution in [2.24, 2.45) is 5.73 Å². The van der Waals surface area contributed by atoms with E-state index in [1.807, 2.05) is 0 Å². The molecule has 0 aliphatic carbocycles. The molecule has 0 radical (unpaired) electrons. The zero-order valence-corrected chi connectivity index (χ0v) is 10.3. The fraction of sp³-hybridized carbons (Fsp3) is 0.364. The van der Waals surface area contributed by atoms with Crippen LogP contribution in [0.25, 0.3) is 0 Å². The lowest BCUT2D eigenvalue weighted by Gasteiger charge is -2.15. The second-order valence-electron chi connectivity index (χ2n) is 3.67. The number of benzene rings is 1. The molecule has 1 amide bonds. The summed E-state index contributed by atoms with van der Waals surface area (Å²) in [5, 5.41) is 13.5. The number of nitro benzene ring substituents is 1. The van der Waals surface area contributed by atoms with Gasteiger partial charge in [-0.15, -0.1) is 0 Å². The Morgan fingerprint density at radius 1 is 1.63 bits per heavy atom. The summed E-state index contributed by atoms with van der Waals surface area (Å²) in [7, 11) is 0. The van der Waals surface area contributed by atoms with E-state index < -0.39 is 34.1 Å². The van der Waals surface area contributed by atoms with E-state index in [1.54, 1.807) is 6.92 Å². The molecule has 1 aromatic rings. The van der Waals surface area contributed by atoms with Crippen LogP contribution in [-0.4, -0.2) is 30.0 Å². The fourth-order valence-corrected chi connectivity index (χ4v) is 1.44. The number of nitro groups is 1. The summed E-state index contributed by atoms with van der Waals surface area (Å²) in [5.41, 5.74) is 4.61. The molecule has 0 aliphatic rings. The number of amides is 1. The van der Waals surface area contributed by atoms with Crippen molar-refractivity contribution >= 4 is 11.6 Å². The molecule has 7 nitrogen and oxygen atoms in total. The maximum Gasteiger partial charge on any atom is 0.314 e. The van der Waals surface area contributed by atoms with E-state index in [-0.39, 0.29) is 6.61 Å². The molecular weight excluding hydrogens is 257 g/mol. The predicted octanol–water partition coefficient (Wildman–Crippen LogP) is 0.576. The van der Waals surface area contributed by atoms with Gasteiger partial charge in [0, 0.05) is 6.07 Å². The molecule has 1 rings (SSSR count). The van der Waals surface area contributed by atoms with Gasteiger partial charge in [0.1, 0.15) is 12.6 Å². The largest absolute Gasteiger partial charge is 0.483 e. The summed E-state index contributed by atoms with van der Waals surface area (Å²) in [5.74, 6) is -2.05. The quantitative estimate of drug-likeness (QED) is 0.557. The normalized spacial score (nSPS) is 11.9. The molecule has 0 aliphatic heterocycles. The Bertz CT molecular complexity index is 481. The molecule has 1 atom stereocenters. The van der Waals surface area contributed by atoms with Gasteiger partial charge in [0.05, 0.1) is 4.92 Å². The van der Waals surface area contributed by atoms with Crippen molar-refractivity contribution in [3.05, 3.63) is 34.1 Å². The number of nitrogens with one attached hydrogen (secondary N) is 1. The van der Waals surface area contributed by atoms with Crippen molar-refractivity contribution < 1.29 is 18.8 Å². The van der Waals surface area contributed by atoms with Crippen LogP contribution < -0.4 is 15.8 Å². The molecule has 8 heteroatoms. The highest BCUT2D eigenvalue weighted by Gasteiger charge is 2.22. The monoisotopic (exact) mass is 271 g/mol. The van der Waals surface area contributed by atoms with E-state index >= 15 is 0 Å². The second-order valence-corrected chi connectivity index (χ2v) is 3.67. The van der Waals surface area contributed by atoms with E-state index in [0.717, 1.165) is 12.1 Å². The summed E-state index contributed by atoms with van der Waals surface area (Å²) in [6.07, 6.45) is 0. The molecule has 3 N–H and O–H groups in total. The van der Waals surface area contributed by atoms with Crippen molar-refractivity contribution in [3.8, 4) is 5.75 Å². The highest BCUT2D eigenvalue weighted by molar-refractivity contribution is 5.80. The molecule has 0 fully saturated rings. The van der Waals surface area contributed by atoms with Crippen LogP contribution in [-0.2, 0) is 4.79 Å². The SMILES string of the molecule is CCNC(COc1c(F)cccc1[N+](=O)[O-])C(N)=O. The summed E-state index contributed by atoms with van der Waals surface area (Å²) < 4.78 is 18.5. The third-order valence-electron chi connectivity index (χ3n) is 2.33. The van der Waals surface area contributed by atoms with Crippen molar-refractivity contribution in [2.45, 2.75) is 13.0 Å². The number of ether oxygens (including phenoxy) is 1. The molecule has 0 heterocycles. The van der Waals surface area contributed by atoms with Crippen LogP contribution in [0.3, 0.4) is 0 Å². The first-order chi connectivity index (χ1) is 8.97. The van der Waals surface area contributed by atoms with Crippen LogP contribution in [0.2, 0.25) is 0 Å². The predicted molar refractivity (Wildman–Crippen MR) is 65.2 cm³/mol. The van der Waals surface area contributed by atoms with Gasteiger partial charge in [0.2, 0.25) is 11.7 Å². The van der Waals surface area contributed by atoms with Crippen LogP contribution >= 0.6 is 0 Å². The van der Waals surface area contributed by atoms with Gasteiger partial charge in [-0.25, -0.2) is 4.39 Å².